The fraction of sp³-hybridized carbons (Fsp3) is 0.429. The molecule has 0 aromatic heterocycles. The minimum absolute atomic E-state index is 0.178. The number of benzene rings is 1. The van der Waals surface area contributed by atoms with Crippen molar-refractivity contribution in [3.05, 3.63) is 34.9 Å². The first-order chi connectivity index (χ1) is 8.50. The highest BCUT2D eigenvalue weighted by Gasteiger charge is 2.34. The Morgan fingerprint density at radius 2 is 2.00 bits per heavy atom. The standard InChI is InChI=1S/C14H17NO3/c1-9-5-6-11(8-10(9)2)13(16)15-7-3-4-12(15)14(17)18/h5-6,8,12H,3-4,7H2,1-2H3,(H,17,18)/t12-/m1/s1. The highest BCUT2D eigenvalue weighted by molar-refractivity contribution is 5.97. The third kappa shape index (κ3) is 2.23. The fourth-order valence-corrected chi connectivity index (χ4v) is 2.31. The van der Waals surface area contributed by atoms with Crippen molar-refractivity contribution in [3.63, 3.8) is 0 Å². The smallest absolute Gasteiger partial charge is 0.326 e. The van der Waals surface area contributed by atoms with Gasteiger partial charge in [-0.25, -0.2) is 4.79 Å². The number of carboxylic acid groups (broad SMARTS) is 1. The Kier molecular flexibility index (Phi) is 3.36. The minimum atomic E-state index is -0.912. The average molecular weight is 247 g/mol. The van der Waals surface area contributed by atoms with Crippen molar-refractivity contribution in [3.8, 4) is 0 Å². The van der Waals surface area contributed by atoms with E-state index in [1.165, 1.54) is 4.90 Å². The maximum atomic E-state index is 12.3. The van der Waals surface area contributed by atoms with Gasteiger partial charge < -0.3 is 10.0 Å². The molecule has 4 nitrogen and oxygen atoms in total. The van der Waals surface area contributed by atoms with Gasteiger partial charge in [0.25, 0.3) is 5.91 Å². The second kappa shape index (κ2) is 4.80. The molecule has 1 amide bonds. The third-order valence-corrected chi connectivity index (χ3v) is 3.55. The lowest BCUT2D eigenvalue weighted by Crippen LogP contribution is -2.40. The second-order valence-corrected chi connectivity index (χ2v) is 4.79. The second-order valence-electron chi connectivity index (χ2n) is 4.79. The number of likely N-dealkylation sites (tertiary alicyclic amines) is 1. The van der Waals surface area contributed by atoms with Crippen molar-refractivity contribution in [1.29, 1.82) is 0 Å². The number of carbonyl (C=O) groups is 2. The quantitative estimate of drug-likeness (QED) is 0.869. The van der Waals surface area contributed by atoms with E-state index in [9.17, 15) is 9.59 Å². The lowest BCUT2D eigenvalue weighted by atomic mass is 10.1. The van der Waals surface area contributed by atoms with Gasteiger partial charge in [-0.1, -0.05) is 6.07 Å². The number of amides is 1. The number of aryl methyl sites for hydroxylation is 2. The molecular formula is C14H17NO3. The van der Waals surface area contributed by atoms with E-state index in [0.29, 0.717) is 18.5 Å². The van der Waals surface area contributed by atoms with Crippen molar-refractivity contribution in [2.75, 3.05) is 6.54 Å². The van der Waals surface area contributed by atoms with E-state index in [2.05, 4.69) is 0 Å². The van der Waals surface area contributed by atoms with E-state index in [0.717, 1.165) is 17.5 Å². The van der Waals surface area contributed by atoms with Crippen LogP contribution in [-0.2, 0) is 4.79 Å². The number of carboxylic acids is 1. The largest absolute Gasteiger partial charge is 0.480 e. The molecule has 0 aliphatic carbocycles. The summed E-state index contributed by atoms with van der Waals surface area (Å²) in [6.45, 7) is 4.47. The van der Waals surface area contributed by atoms with Crippen molar-refractivity contribution in [2.45, 2.75) is 32.7 Å². The van der Waals surface area contributed by atoms with Gasteiger partial charge in [-0.05, 0) is 49.9 Å². The predicted octanol–water partition coefficient (Wildman–Crippen LogP) is 1.99. The highest BCUT2D eigenvalue weighted by Crippen LogP contribution is 2.21. The molecule has 0 radical (unpaired) electrons. The molecule has 1 aliphatic heterocycles. The predicted molar refractivity (Wildman–Crippen MR) is 67.6 cm³/mol. The summed E-state index contributed by atoms with van der Waals surface area (Å²) in [6, 6.07) is 4.82. The van der Waals surface area contributed by atoms with Crippen molar-refractivity contribution in [2.24, 2.45) is 0 Å². The molecule has 1 saturated heterocycles. The van der Waals surface area contributed by atoms with Crippen LogP contribution < -0.4 is 0 Å². The van der Waals surface area contributed by atoms with E-state index in [4.69, 9.17) is 5.11 Å². The molecule has 0 saturated carbocycles. The number of aliphatic carboxylic acids is 1. The summed E-state index contributed by atoms with van der Waals surface area (Å²) in [5.74, 6) is -1.09. The van der Waals surface area contributed by atoms with Gasteiger partial charge in [0.1, 0.15) is 6.04 Å². The van der Waals surface area contributed by atoms with Gasteiger partial charge in [-0.3, -0.25) is 4.79 Å². The van der Waals surface area contributed by atoms with Crippen LogP contribution in [0.5, 0.6) is 0 Å². The fourth-order valence-electron chi connectivity index (χ4n) is 2.31. The van der Waals surface area contributed by atoms with Gasteiger partial charge in [0.05, 0.1) is 0 Å². The van der Waals surface area contributed by atoms with Gasteiger partial charge >= 0.3 is 5.97 Å². The van der Waals surface area contributed by atoms with Gasteiger partial charge in [0.2, 0.25) is 0 Å². The molecule has 1 fully saturated rings. The zero-order valence-corrected chi connectivity index (χ0v) is 10.6. The summed E-state index contributed by atoms with van der Waals surface area (Å²) in [7, 11) is 0. The maximum absolute atomic E-state index is 12.3. The Morgan fingerprint density at radius 3 is 2.61 bits per heavy atom. The molecule has 0 unspecified atom stereocenters. The van der Waals surface area contributed by atoms with Crippen LogP contribution in [0.25, 0.3) is 0 Å². The van der Waals surface area contributed by atoms with Crippen LogP contribution in [0.2, 0.25) is 0 Å². The van der Waals surface area contributed by atoms with Gasteiger partial charge in [0, 0.05) is 12.1 Å². The maximum Gasteiger partial charge on any atom is 0.326 e. The van der Waals surface area contributed by atoms with Gasteiger partial charge in [-0.15, -0.1) is 0 Å². The zero-order valence-electron chi connectivity index (χ0n) is 10.6. The number of nitrogens with zero attached hydrogens (tertiary/aromatic N) is 1. The topological polar surface area (TPSA) is 57.6 Å². The molecule has 1 atom stereocenters. The molecule has 0 spiro atoms. The molecule has 1 heterocycles. The lowest BCUT2D eigenvalue weighted by Gasteiger charge is -2.21. The van der Waals surface area contributed by atoms with Crippen LogP contribution in [0.1, 0.15) is 34.3 Å². The molecule has 0 bridgehead atoms. The van der Waals surface area contributed by atoms with Crippen LogP contribution in [-0.4, -0.2) is 34.5 Å². The van der Waals surface area contributed by atoms with E-state index in [1.807, 2.05) is 26.0 Å². The van der Waals surface area contributed by atoms with Crippen LogP contribution >= 0.6 is 0 Å². The molecule has 1 aliphatic rings. The molecule has 1 aromatic carbocycles. The van der Waals surface area contributed by atoms with E-state index >= 15 is 0 Å². The summed E-state index contributed by atoms with van der Waals surface area (Å²) in [6.07, 6.45) is 1.31. The van der Waals surface area contributed by atoms with Crippen LogP contribution in [0.15, 0.2) is 18.2 Å². The number of rotatable bonds is 2. The molecular weight excluding hydrogens is 230 g/mol. The zero-order chi connectivity index (χ0) is 13.3. The summed E-state index contributed by atoms with van der Waals surface area (Å²) >= 11 is 0. The summed E-state index contributed by atoms with van der Waals surface area (Å²) < 4.78 is 0. The van der Waals surface area contributed by atoms with Crippen LogP contribution in [0.4, 0.5) is 0 Å². The number of hydrogen-bond donors (Lipinski definition) is 1. The molecule has 1 N–H and O–H groups in total. The summed E-state index contributed by atoms with van der Waals surface area (Å²) in [5, 5.41) is 9.08. The third-order valence-electron chi connectivity index (χ3n) is 3.55. The highest BCUT2D eigenvalue weighted by atomic mass is 16.4. The lowest BCUT2D eigenvalue weighted by molar-refractivity contribution is -0.141. The number of hydrogen-bond acceptors (Lipinski definition) is 2. The molecule has 2 rings (SSSR count). The molecule has 4 heteroatoms. The Balaban J connectivity index is 2.25. The van der Waals surface area contributed by atoms with Crippen LogP contribution in [0.3, 0.4) is 0 Å². The summed E-state index contributed by atoms with van der Waals surface area (Å²) in [5.41, 5.74) is 2.75. The Hall–Kier alpha value is -1.84. The normalized spacial score (nSPS) is 19.0. The minimum Gasteiger partial charge on any atom is -0.480 e. The van der Waals surface area contributed by atoms with Crippen LogP contribution in [0, 0.1) is 13.8 Å². The summed E-state index contributed by atoms with van der Waals surface area (Å²) in [4.78, 5) is 24.8. The first-order valence-electron chi connectivity index (χ1n) is 6.11. The first-order valence-corrected chi connectivity index (χ1v) is 6.11. The molecule has 18 heavy (non-hydrogen) atoms. The Bertz CT molecular complexity index is 496. The first kappa shape index (κ1) is 12.6. The molecule has 96 valence electrons. The van der Waals surface area contributed by atoms with Gasteiger partial charge in [-0.2, -0.15) is 0 Å². The van der Waals surface area contributed by atoms with E-state index in [-0.39, 0.29) is 5.91 Å². The molecule has 1 aromatic rings. The Morgan fingerprint density at radius 1 is 1.28 bits per heavy atom. The average Bonchev–Trinajstić information content (AvgIpc) is 2.81. The van der Waals surface area contributed by atoms with E-state index < -0.39 is 12.0 Å². The van der Waals surface area contributed by atoms with E-state index in [1.54, 1.807) is 6.07 Å². The van der Waals surface area contributed by atoms with Crippen molar-refractivity contribution in [1.82, 2.24) is 4.90 Å². The SMILES string of the molecule is Cc1ccc(C(=O)N2CCC[C@@H]2C(=O)O)cc1C. The van der Waals surface area contributed by atoms with Crippen molar-refractivity contribution >= 4 is 11.9 Å². The number of carbonyl (C=O) groups excluding carboxylic acids is 1. The Labute approximate surface area is 106 Å². The van der Waals surface area contributed by atoms with Crippen molar-refractivity contribution < 1.29 is 14.7 Å². The van der Waals surface area contributed by atoms with Gasteiger partial charge in [0.15, 0.2) is 0 Å². The monoisotopic (exact) mass is 247 g/mol.